The molecule has 0 aliphatic carbocycles. The number of rotatable bonds is 2. The third-order valence-corrected chi connectivity index (χ3v) is 3.73. The molecule has 0 spiro atoms. The maximum Gasteiger partial charge on any atom is 0.147 e. The van der Waals surface area contributed by atoms with Crippen LogP contribution in [0, 0.1) is 11.3 Å². The van der Waals surface area contributed by atoms with Crippen molar-refractivity contribution in [3.05, 3.63) is 21.8 Å². The van der Waals surface area contributed by atoms with E-state index >= 15 is 0 Å². The third-order valence-electron chi connectivity index (χ3n) is 3.02. The zero-order valence-corrected chi connectivity index (χ0v) is 11.6. The molecule has 0 radical (unpaired) electrons. The van der Waals surface area contributed by atoms with Gasteiger partial charge in [0.05, 0.1) is 10.9 Å². The molecule has 1 fully saturated rings. The molecule has 0 saturated carbocycles. The molecule has 0 atom stereocenters. The molecule has 4 nitrogen and oxygen atoms in total. The zero-order valence-electron chi connectivity index (χ0n) is 9.29. The minimum atomic E-state index is 0.209. The first-order valence-electron chi connectivity index (χ1n) is 5.48. The fraction of sp³-hybridized carbons (Fsp3) is 0.455. The summed E-state index contributed by atoms with van der Waals surface area (Å²) in [5.41, 5.74) is 5.52. The van der Waals surface area contributed by atoms with Crippen molar-refractivity contribution in [3.8, 4) is 0 Å². The van der Waals surface area contributed by atoms with E-state index in [1.54, 1.807) is 6.20 Å². The molecular weight excluding hydrogens is 304 g/mol. The van der Waals surface area contributed by atoms with Crippen LogP contribution in [0.4, 0.5) is 5.82 Å². The third kappa shape index (κ3) is 2.90. The second kappa shape index (κ2) is 5.23. The van der Waals surface area contributed by atoms with E-state index in [4.69, 9.17) is 22.7 Å². The summed E-state index contributed by atoms with van der Waals surface area (Å²) >= 11 is 9.50. The lowest BCUT2D eigenvalue weighted by atomic mass is 9.96. The zero-order chi connectivity index (χ0) is 12.4. The van der Waals surface area contributed by atoms with Gasteiger partial charge in [0.1, 0.15) is 5.82 Å². The summed E-state index contributed by atoms with van der Waals surface area (Å²) in [6.45, 7) is 1.69. The van der Waals surface area contributed by atoms with Crippen LogP contribution in [0.5, 0.6) is 0 Å². The maximum atomic E-state index is 7.44. The Labute approximate surface area is 114 Å². The SMILES string of the molecule is N=C(N)C1CCN(c2ncc(Br)cc2Cl)CC1. The van der Waals surface area contributed by atoms with Crippen LogP contribution >= 0.6 is 27.5 Å². The van der Waals surface area contributed by atoms with E-state index in [0.717, 1.165) is 36.2 Å². The van der Waals surface area contributed by atoms with Crippen LogP contribution in [0.3, 0.4) is 0 Å². The summed E-state index contributed by atoms with van der Waals surface area (Å²) in [5.74, 6) is 1.32. The Balaban J connectivity index is 2.08. The van der Waals surface area contributed by atoms with E-state index in [1.165, 1.54) is 0 Å². The van der Waals surface area contributed by atoms with Gasteiger partial charge < -0.3 is 10.6 Å². The monoisotopic (exact) mass is 316 g/mol. The summed E-state index contributed by atoms with van der Waals surface area (Å²) in [4.78, 5) is 6.48. The van der Waals surface area contributed by atoms with Gasteiger partial charge in [0.15, 0.2) is 0 Å². The Hall–Kier alpha value is -0.810. The van der Waals surface area contributed by atoms with Crippen LogP contribution in [0.25, 0.3) is 0 Å². The lowest BCUT2D eigenvalue weighted by molar-refractivity contribution is 0.495. The van der Waals surface area contributed by atoms with E-state index in [0.29, 0.717) is 10.9 Å². The van der Waals surface area contributed by atoms with Gasteiger partial charge in [-0.2, -0.15) is 0 Å². The summed E-state index contributed by atoms with van der Waals surface area (Å²) in [6.07, 6.45) is 3.53. The number of pyridine rings is 1. The highest BCUT2D eigenvalue weighted by Gasteiger charge is 2.23. The van der Waals surface area contributed by atoms with Gasteiger partial charge in [-0.1, -0.05) is 11.6 Å². The lowest BCUT2D eigenvalue weighted by Crippen LogP contribution is -2.38. The van der Waals surface area contributed by atoms with Crippen molar-refractivity contribution in [3.63, 3.8) is 0 Å². The topological polar surface area (TPSA) is 66.0 Å². The predicted molar refractivity (Wildman–Crippen MR) is 73.8 cm³/mol. The number of nitrogens with one attached hydrogen (secondary N) is 1. The van der Waals surface area contributed by atoms with Gasteiger partial charge in [-0.05, 0) is 34.8 Å². The maximum absolute atomic E-state index is 7.44. The number of amidine groups is 1. The molecule has 6 heteroatoms. The number of hydrogen-bond donors (Lipinski definition) is 2. The predicted octanol–water partition coefficient (Wildman–Crippen LogP) is 2.65. The number of halogens is 2. The molecule has 17 heavy (non-hydrogen) atoms. The largest absolute Gasteiger partial charge is 0.387 e. The minimum absolute atomic E-state index is 0.209. The summed E-state index contributed by atoms with van der Waals surface area (Å²) in [7, 11) is 0. The molecule has 2 heterocycles. The average Bonchev–Trinajstić information content (AvgIpc) is 2.29. The van der Waals surface area contributed by atoms with E-state index in [2.05, 4.69) is 25.8 Å². The molecule has 1 aliphatic rings. The molecule has 0 aromatic carbocycles. The first-order valence-corrected chi connectivity index (χ1v) is 6.65. The first kappa shape index (κ1) is 12.6. The number of aromatic nitrogens is 1. The van der Waals surface area contributed by atoms with Crippen LogP contribution in [-0.2, 0) is 0 Å². The van der Waals surface area contributed by atoms with Crippen LogP contribution in [0.15, 0.2) is 16.7 Å². The molecule has 3 N–H and O–H groups in total. The van der Waals surface area contributed by atoms with Crippen molar-refractivity contribution in [2.24, 2.45) is 11.7 Å². The smallest absolute Gasteiger partial charge is 0.147 e. The van der Waals surface area contributed by atoms with E-state index in [9.17, 15) is 0 Å². The normalized spacial score (nSPS) is 17.2. The molecule has 1 aromatic rings. The number of piperidine rings is 1. The van der Waals surface area contributed by atoms with Crippen LogP contribution in [-0.4, -0.2) is 23.9 Å². The van der Waals surface area contributed by atoms with Crippen molar-refractivity contribution in [1.82, 2.24) is 4.98 Å². The molecule has 2 rings (SSSR count). The van der Waals surface area contributed by atoms with Crippen LogP contribution < -0.4 is 10.6 Å². The minimum Gasteiger partial charge on any atom is -0.387 e. The highest BCUT2D eigenvalue weighted by molar-refractivity contribution is 9.10. The Morgan fingerprint density at radius 2 is 2.18 bits per heavy atom. The Bertz CT molecular complexity index is 429. The molecule has 92 valence electrons. The molecule has 0 amide bonds. The van der Waals surface area contributed by atoms with Gasteiger partial charge in [-0.25, -0.2) is 4.98 Å². The van der Waals surface area contributed by atoms with Crippen molar-refractivity contribution >= 4 is 39.2 Å². The highest BCUT2D eigenvalue weighted by Crippen LogP contribution is 2.29. The molecule has 0 unspecified atom stereocenters. The van der Waals surface area contributed by atoms with Gasteiger partial charge in [0.2, 0.25) is 0 Å². The second-order valence-corrected chi connectivity index (χ2v) is 5.50. The molecular formula is C11H14BrClN4. The molecule has 0 bridgehead atoms. The van der Waals surface area contributed by atoms with Gasteiger partial charge in [-0.3, -0.25) is 5.41 Å². The number of nitrogens with two attached hydrogens (primary N) is 1. The highest BCUT2D eigenvalue weighted by atomic mass is 79.9. The Morgan fingerprint density at radius 1 is 1.53 bits per heavy atom. The second-order valence-electron chi connectivity index (χ2n) is 4.18. The Morgan fingerprint density at radius 3 is 2.71 bits per heavy atom. The van der Waals surface area contributed by atoms with Gasteiger partial charge in [-0.15, -0.1) is 0 Å². The van der Waals surface area contributed by atoms with Gasteiger partial charge in [0, 0.05) is 29.7 Å². The van der Waals surface area contributed by atoms with Crippen molar-refractivity contribution in [2.75, 3.05) is 18.0 Å². The first-order chi connectivity index (χ1) is 8.08. The molecule has 1 aliphatic heterocycles. The quantitative estimate of drug-likeness (QED) is 0.651. The van der Waals surface area contributed by atoms with Crippen LogP contribution in [0.2, 0.25) is 5.02 Å². The Kier molecular flexibility index (Phi) is 3.89. The fourth-order valence-electron chi connectivity index (χ4n) is 2.04. The average molecular weight is 318 g/mol. The van der Waals surface area contributed by atoms with E-state index < -0.39 is 0 Å². The standard InChI is InChI=1S/C11H14BrClN4/c12-8-5-9(13)11(16-6-8)17-3-1-7(2-4-17)10(14)15/h5-7H,1-4H2,(H3,14,15). The van der Waals surface area contributed by atoms with Crippen molar-refractivity contribution in [2.45, 2.75) is 12.8 Å². The van der Waals surface area contributed by atoms with Gasteiger partial charge >= 0.3 is 0 Å². The van der Waals surface area contributed by atoms with Crippen molar-refractivity contribution in [1.29, 1.82) is 5.41 Å². The lowest BCUT2D eigenvalue weighted by Gasteiger charge is -2.32. The molecule has 1 aromatic heterocycles. The summed E-state index contributed by atoms with van der Waals surface area (Å²) < 4.78 is 0.880. The van der Waals surface area contributed by atoms with Crippen molar-refractivity contribution < 1.29 is 0 Å². The van der Waals surface area contributed by atoms with E-state index in [-0.39, 0.29) is 5.92 Å². The van der Waals surface area contributed by atoms with E-state index in [1.807, 2.05) is 6.07 Å². The number of hydrogen-bond acceptors (Lipinski definition) is 3. The van der Waals surface area contributed by atoms with Gasteiger partial charge in [0.25, 0.3) is 0 Å². The summed E-state index contributed by atoms with van der Waals surface area (Å²) in [6, 6.07) is 1.85. The summed E-state index contributed by atoms with van der Waals surface area (Å²) in [5, 5.41) is 8.09. The molecule has 1 saturated heterocycles. The van der Waals surface area contributed by atoms with Crippen LogP contribution in [0.1, 0.15) is 12.8 Å². The number of anilines is 1. The fourth-order valence-corrected chi connectivity index (χ4v) is 2.79. The number of nitrogens with zero attached hydrogens (tertiary/aromatic N) is 2.